The summed E-state index contributed by atoms with van der Waals surface area (Å²) < 4.78 is 0. The Morgan fingerprint density at radius 1 is 1.20 bits per heavy atom. The number of carbonyl (C=O) groups excluding carboxylic acids is 1. The van der Waals surface area contributed by atoms with Gasteiger partial charge in [-0.25, -0.2) is 0 Å². The second-order valence-corrected chi connectivity index (χ2v) is 6.43. The SMILES string of the molecule is CC1(NCC(=O)Nc2c(Cl)cccc2Cl)CCCCC1. The molecule has 1 aliphatic carbocycles. The minimum Gasteiger partial charge on any atom is -0.322 e. The van der Waals surface area contributed by atoms with E-state index in [2.05, 4.69) is 17.6 Å². The molecule has 1 fully saturated rings. The highest BCUT2D eigenvalue weighted by atomic mass is 35.5. The maximum atomic E-state index is 12.0. The Morgan fingerprint density at radius 3 is 2.40 bits per heavy atom. The standard InChI is InChI=1S/C15H20Cl2N2O/c1-15(8-3-2-4-9-15)18-10-13(20)19-14-11(16)6-5-7-12(14)17/h5-7,18H,2-4,8-10H2,1H3,(H,19,20). The number of benzene rings is 1. The van der Waals surface area contributed by atoms with Gasteiger partial charge < -0.3 is 10.6 Å². The van der Waals surface area contributed by atoms with Gasteiger partial charge in [-0.15, -0.1) is 0 Å². The second-order valence-electron chi connectivity index (χ2n) is 5.62. The lowest BCUT2D eigenvalue weighted by atomic mass is 9.83. The van der Waals surface area contributed by atoms with Crippen molar-refractivity contribution < 1.29 is 4.79 Å². The number of rotatable bonds is 4. The van der Waals surface area contributed by atoms with Crippen LogP contribution in [0.2, 0.25) is 10.0 Å². The third-order valence-electron chi connectivity index (χ3n) is 3.86. The van der Waals surface area contributed by atoms with Gasteiger partial charge in [0.2, 0.25) is 5.91 Å². The number of nitrogens with one attached hydrogen (secondary N) is 2. The summed E-state index contributed by atoms with van der Waals surface area (Å²) in [5.74, 6) is -0.119. The smallest absolute Gasteiger partial charge is 0.238 e. The molecule has 0 aliphatic heterocycles. The van der Waals surface area contributed by atoms with Gasteiger partial charge in [-0.3, -0.25) is 4.79 Å². The maximum Gasteiger partial charge on any atom is 0.238 e. The molecule has 0 heterocycles. The zero-order valence-electron chi connectivity index (χ0n) is 11.6. The number of carbonyl (C=O) groups is 1. The molecule has 0 aromatic heterocycles. The predicted octanol–water partition coefficient (Wildman–Crippen LogP) is 4.24. The van der Waals surface area contributed by atoms with Crippen molar-refractivity contribution in [3.8, 4) is 0 Å². The Hall–Kier alpha value is -0.770. The predicted molar refractivity (Wildman–Crippen MR) is 84.6 cm³/mol. The Labute approximate surface area is 130 Å². The van der Waals surface area contributed by atoms with E-state index in [0.717, 1.165) is 12.8 Å². The lowest BCUT2D eigenvalue weighted by Gasteiger charge is -2.34. The molecule has 0 atom stereocenters. The summed E-state index contributed by atoms with van der Waals surface area (Å²) >= 11 is 12.1. The van der Waals surface area contributed by atoms with E-state index in [0.29, 0.717) is 15.7 Å². The van der Waals surface area contributed by atoms with Crippen molar-refractivity contribution in [2.45, 2.75) is 44.6 Å². The Morgan fingerprint density at radius 2 is 1.80 bits per heavy atom. The molecule has 1 saturated carbocycles. The van der Waals surface area contributed by atoms with E-state index in [1.165, 1.54) is 19.3 Å². The van der Waals surface area contributed by atoms with E-state index in [1.807, 2.05) is 0 Å². The van der Waals surface area contributed by atoms with Crippen LogP contribution in [0.1, 0.15) is 39.0 Å². The molecule has 0 bridgehead atoms. The summed E-state index contributed by atoms with van der Waals surface area (Å²) in [4.78, 5) is 12.0. The molecular weight excluding hydrogens is 295 g/mol. The highest BCUT2D eigenvalue weighted by Crippen LogP contribution is 2.30. The first-order chi connectivity index (χ1) is 9.50. The van der Waals surface area contributed by atoms with Gasteiger partial charge >= 0.3 is 0 Å². The first-order valence-electron chi connectivity index (χ1n) is 6.99. The number of halogens is 2. The van der Waals surface area contributed by atoms with Crippen molar-refractivity contribution in [2.24, 2.45) is 0 Å². The van der Waals surface area contributed by atoms with Gasteiger partial charge in [0.25, 0.3) is 0 Å². The number of hydrogen-bond donors (Lipinski definition) is 2. The molecule has 5 heteroatoms. The lowest BCUT2D eigenvalue weighted by Crippen LogP contribution is -2.47. The molecule has 0 spiro atoms. The molecule has 3 nitrogen and oxygen atoms in total. The van der Waals surface area contributed by atoms with Crippen molar-refractivity contribution in [3.05, 3.63) is 28.2 Å². The van der Waals surface area contributed by atoms with Crippen molar-refractivity contribution in [3.63, 3.8) is 0 Å². The summed E-state index contributed by atoms with van der Waals surface area (Å²) in [6.45, 7) is 2.46. The summed E-state index contributed by atoms with van der Waals surface area (Å²) in [6, 6.07) is 5.17. The summed E-state index contributed by atoms with van der Waals surface area (Å²) in [6.07, 6.45) is 5.97. The third kappa shape index (κ3) is 4.11. The van der Waals surface area contributed by atoms with Crippen molar-refractivity contribution in [1.29, 1.82) is 0 Å². The molecule has 1 aliphatic rings. The minimum absolute atomic E-state index is 0.0693. The van der Waals surface area contributed by atoms with Crippen molar-refractivity contribution >= 4 is 34.8 Å². The summed E-state index contributed by atoms with van der Waals surface area (Å²) in [7, 11) is 0. The van der Waals surface area contributed by atoms with Crippen molar-refractivity contribution in [2.75, 3.05) is 11.9 Å². The molecule has 1 aromatic carbocycles. The van der Waals surface area contributed by atoms with Gasteiger partial charge in [-0.1, -0.05) is 48.5 Å². The molecule has 0 radical (unpaired) electrons. The fourth-order valence-electron chi connectivity index (χ4n) is 2.60. The summed E-state index contributed by atoms with van der Waals surface area (Å²) in [5, 5.41) is 7.04. The van der Waals surface area contributed by atoms with Crippen molar-refractivity contribution in [1.82, 2.24) is 5.32 Å². The van der Waals surface area contributed by atoms with E-state index < -0.39 is 0 Å². The minimum atomic E-state index is -0.119. The average molecular weight is 315 g/mol. The number of hydrogen-bond acceptors (Lipinski definition) is 2. The number of amides is 1. The summed E-state index contributed by atoms with van der Waals surface area (Å²) in [5.41, 5.74) is 0.552. The lowest BCUT2D eigenvalue weighted by molar-refractivity contribution is -0.115. The van der Waals surface area contributed by atoms with Gasteiger partial charge in [0.1, 0.15) is 0 Å². The molecule has 2 rings (SSSR count). The van der Waals surface area contributed by atoms with E-state index in [4.69, 9.17) is 23.2 Å². The number of anilines is 1. The Balaban J connectivity index is 1.89. The van der Waals surface area contributed by atoms with Crippen LogP contribution in [0.15, 0.2) is 18.2 Å². The molecule has 1 aromatic rings. The Kier molecular flexibility index (Phi) is 5.30. The van der Waals surface area contributed by atoms with Crippen LogP contribution in [0.25, 0.3) is 0 Å². The van der Waals surface area contributed by atoms with Crippen LogP contribution in [0.5, 0.6) is 0 Å². The monoisotopic (exact) mass is 314 g/mol. The van der Waals surface area contributed by atoms with E-state index in [9.17, 15) is 4.79 Å². The van der Waals surface area contributed by atoms with Crippen LogP contribution in [0, 0.1) is 0 Å². The normalized spacial score (nSPS) is 17.8. The van der Waals surface area contributed by atoms with Crippen LogP contribution < -0.4 is 10.6 Å². The molecule has 0 unspecified atom stereocenters. The highest BCUT2D eigenvalue weighted by Gasteiger charge is 2.26. The zero-order valence-corrected chi connectivity index (χ0v) is 13.2. The van der Waals surface area contributed by atoms with Crippen LogP contribution in [0.4, 0.5) is 5.69 Å². The van der Waals surface area contributed by atoms with E-state index >= 15 is 0 Å². The fourth-order valence-corrected chi connectivity index (χ4v) is 3.10. The molecule has 110 valence electrons. The molecular formula is C15H20Cl2N2O. The molecule has 0 saturated heterocycles. The zero-order chi connectivity index (χ0) is 14.6. The quantitative estimate of drug-likeness (QED) is 0.872. The van der Waals surface area contributed by atoms with Gasteiger partial charge in [-0.2, -0.15) is 0 Å². The van der Waals surface area contributed by atoms with Gasteiger partial charge in [0.05, 0.1) is 22.3 Å². The maximum absolute atomic E-state index is 12.0. The van der Waals surface area contributed by atoms with Crippen LogP contribution in [-0.2, 0) is 4.79 Å². The van der Waals surface area contributed by atoms with Crippen LogP contribution >= 0.6 is 23.2 Å². The van der Waals surface area contributed by atoms with E-state index in [-0.39, 0.29) is 18.0 Å². The topological polar surface area (TPSA) is 41.1 Å². The molecule has 20 heavy (non-hydrogen) atoms. The third-order valence-corrected chi connectivity index (χ3v) is 4.49. The largest absolute Gasteiger partial charge is 0.322 e. The average Bonchev–Trinajstić information content (AvgIpc) is 2.42. The second kappa shape index (κ2) is 6.79. The first-order valence-corrected chi connectivity index (χ1v) is 7.75. The highest BCUT2D eigenvalue weighted by molar-refractivity contribution is 6.39. The Bertz CT molecular complexity index is 465. The van der Waals surface area contributed by atoms with Gasteiger partial charge in [0.15, 0.2) is 0 Å². The fraction of sp³-hybridized carbons (Fsp3) is 0.533. The number of para-hydroxylation sites is 1. The van der Waals surface area contributed by atoms with Crippen LogP contribution in [0.3, 0.4) is 0 Å². The first kappa shape index (κ1) is 15.6. The molecule has 2 N–H and O–H groups in total. The van der Waals surface area contributed by atoms with Gasteiger partial charge in [-0.05, 0) is 31.9 Å². The van der Waals surface area contributed by atoms with Gasteiger partial charge in [0, 0.05) is 5.54 Å². The van der Waals surface area contributed by atoms with Crippen LogP contribution in [-0.4, -0.2) is 18.0 Å². The van der Waals surface area contributed by atoms with E-state index in [1.54, 1.807) is 18.2 Å². The molecule has 1 amide bonds.